The van der Waals surface area contributed by atoms with E-state index in [1.54, 1.807) is 23.5 Å². The topological polar surface area (TPSA) is 33.0 Å². The summed E-state index contributed by atoms with van der Waals surface area (Å²) in [5.41, 5.74) is 0.607. The van der Waals surface area contributed by atoms with Crippen molar-refractivity contribution in [2.24, 2.45) is 0 Å². The van der Waals surface area contributed by atoms with Gasteiger partial charge in [-0.1, -0.05) is 25.1 Å². The minimum absolute atomic E-state index is 0.607. The van der Waals surface area contributed by atoms with Crippen molar-refractivity contribution in [3.8, 4) is 17.6 Å². The van der Waals surface area contributed by atoms with Gasteiger partial charge in [0.15, 0.2) is 0 Å². The molecule has 0 aromatic heterocycles. The lowest BCUT2D eigenvalue weighted by molar-refractivity contribution is 0.468. The Morgan fingerprint density at radius 2 is 1.75 bits per heavy atom. The summed E-state index contributed by atoms with van der Waals surface area (Å²) in [5, 5.41) is 9.38. The number of hydrogen-bond donors (Lipinski definition) is 0. The molecule has 0 fully saturated rings. The standard InChI is InChI=1S/C16H15NOS2/c1-3-20-15-10-6-8-13(12(15)11-17)18-14-7-4-5-9-16(14)19-2/h4-10H,3H2,1-2H3. The molecule has 0 aliphatic carbocycles. The van der Waals surface area contributed by atoms with E-state index in [1.165, 1.54) is 0 Å². The fourth-order valence-electron chi connectivity index (χ4n) is 1.80. The first-order chi connectivity index (χ1) is 9.80. The van der Waals surface area contributed by atoms with Crippen LogP contribution in [0.15, 0.2) is 52.3 Å². The van der Waals surface area contributed by atoms with E-state index in [-0.39, 0.29) is 0 Å². The highest BCUT2D eigenvalue weighted by Gasteiger charge is 2.11. The first kappa shape index (κ1) is 14.8. The van der Waals surface area contributed by atoms with Gasteiger partial charge in [0, 0.05) is 9.79 Å². The molecule has 0 N–H and O–H groups in total. The number of ether oxygens (including phenoxy) is 1. The average molecular weight is 301 g/mol. The Labute approximate surface area is 128 Å². The molecule has 20 heavy (non-hydrogen) atoms. The Hall–Kier alpha value is -1.57. The first-order valence-corrected chi connectivity index (χ1v) is 8.48. The molecule has 0 bridgehead atoms. The van der Waals surface area contributed by atoms with E-state index in [0.717, 1.165) is 21.3 Å². The molecule has 0 amide bonds. The van der Waals surface area contributed by atoms with Gasteiger partial charge in [-0.05, 0) is 36.3 Å². The number of hydrogen-bond acceptors (Lipinski definition) is 4. The molecule has 2 rings (SSSR count). The van der Waals surface area contributed by atoms with Gasteiger partial charge in [-0.25, -0.2) is 0 Å². The molecule has 0 aliphatic rings. The highest BCUT2D eigenvalue weighted by Crippen LogP contribution is 2.35. The molecule has 0 saturated carbocycles. The van der Waals surface area contributed by atoms with Crippen LogP contribution in [0.25, 0.3) is 0 Å². The summed E-state index contributed by atoms with van der Waals surface area (Å²) in [4.78, 5) is 2.03. The average Bonchev–Trinajstić information content (AvgIpc) is 2.48. The molecule has 2 nitrogen and oxygen atoms in total. The second kappa shape index (κ2) is 7.28. The zero-order valence-corrected chi connectivity index (χ0v) is 13.1. The number of rotatable bonds is 5. The van der Waals surface area contributed by atoms with Gasteiger partial charge >= 0.3 is 0 Å². The zero-order valence-electron chi connectivity index (χ0n) is 11.4. The van der Waals surface area contributed by atoms with E-state index in [9.17, 15) is 5.26 Å². The Morgan fingerprint density at radius 1 is 1.05 bits per heavy atom. The molecule has 102 valence electrons. The minimum Gasteiger partial charge on any atom is -0.455 e. The van der Waals surface area contributed by atoms with Crippen LogP contribution in [0, 0.1) is 11.3 Å². The van der Waals surface area contributed by atoms with Crippen molar-refractivity contribution in [1.29, 1.82) is 5.26 Å². The van der Waals surface area contributed by atoms with Crippen molar-refractivity contribution in [3.05, 3.63) is 48.0 Å². The van der Waals surface area contributed by atoms with Crippen LogP contribution < -0.4 is 4.74 Å². The molecule has 0 atom stereocenters. The van der Waals surface area contributed by atoms with Crippen molar-refractivity contribution in [2.45, 2.75) is 16.7 Å². The van der Waals surface area contributed by atoms with E-state index < -0.39 is 0 Å². The van der Waals surface area contributed by atoms with Gasteiger partial charge < -0.3 is 4.74 Å². The van der Waals surface area contributed by atoms with Crippen LogP contribution in [0.1, 0.15) is 12.5 Å². The smallest absolute Gasteiger partial charge is 0.146 e. The molecule has 2 aromatic carbocycles. The number of nitriles is 1. The van der Waals surface area contributed by atoms with E-state index in [4.69, 9.17) is 4.74 Å². The molecule has 0 saturated heterocycles. The third kappa shape index (κ3) is 3.30. The van der Waals surface area contributed by atoms with Gasteiger partial charge in [0.1, 0.15) is 23.1 Å². The van der Waals surface area contributed by atoms with Gasteiger partial charge in [0.2, 0.25) is 0 Å². The zero-order chi connectivity index (χ0) is 14.4. The van der Waals surface area contributed by atoms with E-state index in [2.05, 4.69) is 13.0 Å². The van der Waals surface area contributed by atoms with Crippen LogP contribution in [-0.2, 0) is 0 Å². The third-order valence-electron chi connectivity index (χ3n) is 2.69. The van der Waals surface area contributed by atoms with Gasteiger partial charge in [0.05, 0.1) is 0 Å². The molecule has 0 radical (unpaired) electrons. The molecular formula is C16H15NOS2. The predicted octanol–water partition coefficient (Wildman–Crippen LogP) is 5.18. The molecule has 0 spiro atoms. The van der Waals surface area contributed by atoms with Gasteiger partial charge in [-0.3, -0.25) is 0 Å². The van der Waals surface area contributed by atoms with Crippen LogP contribution in [0.2, 0.25) is 0 Å². The Kier molecular flexibility index (Phi) is 5.40. The first-order valence-electron chi connectivity index (χ1n) is 6.27. The van der Waals surface area contributed by atoms with Crippen LogP contribution in [-0.4, -0.2) is 12.0 Å². The Bertz CT molecular complexity index is 635. The summed E-state index contributed by atoms with van der Waals surface area (Å²) < 4.78 is 5.95. The normalized spacial score (nSPS) is 10.1. The molecule has 2 aromatic rings. The minimum atomic E-state index is 0.607. The SMILES string of the molecule is CCSc1cccc(Oc2ccccc2SC)c1C#N. The molecule has 4 heteroatoms. The monoisotopic (exact) mass is 301 g/mol. The largest absolute Gasteiger partial charge is 0.455 e. The summed E-state index contributed by atoms with van der Waals surface area (Å²) >= 11 is 3.28. The van der Waals surface area contributed by atoms with E-state index >= 15 is 0 Å². The number of para-hydroxylation sites is 1. The Balaban J connectivity index is 2.39. The molecular weight excluding hydrogens is 286 g/mol. The van der Waals surface area contributed by atoms with E-state index in [1.807, 2.05) is 48.7 Å². The fourth-order valence-corrected chi connectivity index (χ4v) is 3.11. The van der Waals surface area contributed by atoms with Crippen LogP contribution >= 0.6 is 23.5 Å². The van der Waals surface area contributed by atoms with Crippen LogP contribution in [0.3, 0.4) is 0 Å². The summed E-state index contributed by atoms with van der Waals surface area (Å²) in [5.74, 6) is 2.34. The molecule has 0 unspecified atom stereocenters. The number of nitrogens with zero attached hydrogens (tertiary/aromatic N) is 1. The molecule has 0 aliphatic heterocycles. The lowest BCUT2D eigenvalue weighted by atomic mass is 10.2. The van der Waals surface area contributed by atoms with Gasteiger partial charge in [0.25, 0.3) is 0 Å². The summed E-state index contributed by atoms with van der Waals surface area (Å²) in [7, 11) is 0. The summed E-state index contributed by atoms with van der Waals surface area (Å²) in [6.45, 7) is 2.07. The number of thioether (sulfide) groups is 2. The molecule has 0 heterocycles. The highest BCUT2D eigenvalue weighted by atomic mass is 32.2. The fraction of sp³-hybridized carbons (Fsp3) is 0.188. The van der Waals surface area contributed by atoms with Crippen molar-refractivity contribution in [3.63, 3.8) is 0 Å². The summed E-state index contributed by atoms with van der Waals surface area (Å²) in [6, 6.07) is 15.8. The highest BCUT2D eigenvalue weighted by molar-refractivity contribution is 7.99. The second-order valence-corrected chi connectivity index (χ2v) is 6.08. The van der Waals surface area contributed by atoms with Gasteiger partial charge in [-0.2, -0.15) is 5.26 Å². The maximum absolute atomic E-state index is 9.38. The maximum Gasteiger partial charge on any atom is 0.146 e. The number of benzene rings is 2. The predicted molar refractivity (Wildman–Crippen MR) is 85.9 cm³/mol. The summed E-state index contributed by atoms with van der Waals surface area (Å²) in [6.07, 6.45) is 2.01. The maximum atomic E-state index is 9.38. The quantitative estimate of drug-likeness (QED) is 0.712. The second-order valence-electron chi connectivity index (χ2n) is 3.93. The van der Waals surface area contributed by atoms with Gasteiger partial charge in [-0.15, -0.1) is 23.5 Å². The van der Waals surface area contributed by atoms with Crippen molar-refractivity contribution in [1.82, 2.24) is 0 Å². The van der Waals surface area contributed by atoms with Crippen LogP contribution in [0.4, 0.5) is 0 Å². The van der Waals surface area contributed by atoms with Crippen molar-refractivity contribution >= 4 is 23.5 Å². The van der Waals surface area contributed by atoms with Crippen LogP contribution in [0.5, 0.6) is 11.5 Å². The Morgan fingerprint density at radius 3 is 2.45 bits per heavy atom. The lowest BCUT2D eigenvalue weighted by Crippen LogP contribution is -1.92. The van der Waals surface area contributed by atoms with Crippen molar-refractivity contribution < 1.29 is 4.74 Å². The third-order valence-corrected chi connectivity index (χ3v) is 4.41. The van der Waals surface area contributed by atoms with Crippen molar-refractivity contribution in [2.75, 3.05) is 12.0 Å². The lowest BCUT2D eigenvalue weighted by Gasteiger charge is -2.12. The van der Waals surface area contributed by atoms with E-state index in [0.29, 0.717) is 11.3 Å².